The first-order valence-electron chi connectivity index (χ1n) is 6.94. The van der Waals surface area contributed by atoms with Gasteiger partial charge in [0.15, 0.2) is 0 Å². The zero-order valence-corrected chi connectivity index (χ0v) is 12.9. The van der Waals surface area contributed by atoms with E-state index in [1.54, 1.807) is 0 Å². The van der Waals surface area contributed by atoms with Crippen molar-refractivity contribution in [2.45, 2.75) is 20.4 Å². The van der Waals surface area contributed by atoms with E-state index in [1.165, 1.54) is 11.1 Å². The van der Waals surface area contributed by atoms with E-state index in [0.717, 1.165) is 16.9 Å². The second-order valence-corrected chi connectivity index (χ2v) is 5.85. The number of halogens is 1. The van der Waals surface area contributed by atoms with E-state index in [9.17, 15) is 4.79 Å². The van der Waals surface area contributed by atoms with E-state index in [2.05, 4.69) is 31.3 Å². The van der Waals surface area contributed by atoms with Crippen molar-refractivity contribution in [2.24, 2.45) is 0 Å². The molecule has 1 amide bonds. The van der Waals surface area contributed by atoms with Crippen LogP contribution in [0.1, 0.15) is 16.7 Å². The molecular formula is C17H17ClN2O. The largest absolute Gasteiger partial charge is 0.374 e. The molecule has 0 aromatic heterocycles. The summed E-state index contributed by atoms with van der Waals surface area (Å²) in [6, 6.07) is 11.8. The minimum absolute atomic E-state index is 0.0747. The van der Waals surface area contributed by atoms with Crippen LogP contribution in [0.3, 0.4) is 0 Å². The molecule has 0 saturated heterocycles. The number of hydrogen-bond acceptors (Lipinski definition) is 2. The molecule has 0 spiro atoms. The van der Waals surface area contributed by atoms with Crippen molar-refractivity contribution in [1.29, 1.82) is 0 Å². The summed E-state index contributed by atoms with van der Waals surface area (Å²) in [5, 5.41) is 3.88. The number of anilines is 2. The minimum Gasteiger partial charge on any atom is -0.374 e. The first kappa shape index (κ1) is 14.0. The normalized spacial score (nSPS) is 13.9. The number of rotatable bonds is 2. The van der Waals surface area contributed by atoms with Crippen molar-refractivity contribution in [3.63, 3.8) is 0 Å². The average molecular weight is 301 g/mol. The number of nitrogens with one attached hydrogen (secondary N) is 1. The van der Waals surface area contributed by atoms with Crippen molar-refractivity contribution in [2.75, 3.05) is 16.8 Å². The topological polar surface area (TPSA) is 32.3 Å². The highest BCUT2D eigenvalue weighted by atomic mass is 35.5. The van der Waals surface area contributed by atoms with Gasteiger partial charge in [-0.1, -0.05) is 23.7 Å². The number of fused-ring (bicyclic) bond motifs is 1. The van der Waals surface area contributed by atoms with E-state index in [1.807, 2.05) is 29.2 Å². The monoisotopic (exact) mass is 300 g/mol. The van der Waals surface area contributed by atoms with E-state index in [0.29, 0.717) is 18.1 Å². The number of benzene rings is 2. The van der Waals surface area contributed by atoms with Crippen LogP contribution in [0.4, 0.5) is 11.4 Å². The van der Waals surface area contributed by atoms with Gasteiger partial charge in [0.2, 0.25) is 5.91 Å². The van der Waals surface area contributed by atoms with Crippen molar-refractivity contribution >= 4 is 28.9 Å². The summed E-state index contributed by atoms with van der Waals surface area (Å²) in [6.45, 7) is 5.01. The molecule has 0 aliphatic carbocycles. The molecule has 1 aliphatic heterocycles. The Bertz CT molecular complexity index is 712. The molecule has 0 fully saturated rings. The molecule has 4 heteroatoms. The number of carbonyl (C=O) groups excluding carboxylic acids is 1. The van der Waals surface area contributed by atoms with Crippen LogP contribution in [0.2, 0.25) is 5.02 Å². The summed E-state index contributed by atoms with van der Waals surface area (Å²) in [5.74, 6) is 0.0747. The predicted molar refractivity (Wildman–Crippen MR) is 87.0 cm³/mol. The Morgan fingerprint density at radius 2 is 1.95 bits per heavy atom. The van der Waals surface area contributed by atoms with Crippen molar-refractivity contribution in [3.05, 3.63) is 58.1 Å². The Labute approximate surface area is 129 Å². The molecule has 0 atom stereocenters. The van der Waals surface area contributed by atoms with Gasteiger partial charge in [-0.15, -0.1) is 0 Å². The molecule has 0 saturated carbocycles. The van der Waals surface area contributed by atoms with Gasteiger partial charge in [-0.2, -0.15) is 0 Å². The van der Waals surface area contributed by atoms with Gasteiger partial charge in [0, 0.05) is 5.02 Å². The number of carbonyl (C=O) groups is 1. The summed E-state index contributed by atoms with van der Waals surface area (Å²) in [4.78, 5) is 14.1. The van der Waals surface area contributed by atoms with Crippen LogP contribution in [0.25, 0.3) is 0 Å². The molecular weight excluding hydrogens is 284 g/mol. The lowest BCUT2D eigenvalue weighted by Crippen LogP contribution is -2.39. The molecule has 1 aliphatic rings. The van der Waals surface area contributed by atoms with Gasteiger partial charge in [-0.05, 0) is 54.8 Å². The molecule has 108 valence electrons. The maximum atomic E-state index is 12.3. The quantitative estimate of drug-likeness (QED) is 0.912. The van der Waals surface area contributed by atoms with Crippen molar-refractivity contribution in [3.8, 4) is 0 Å². The summed E-state index contributed by atoms with van der Waals surface area (Å²) >= 11 is 6.03. The van der Waals surface area contributed by atoms with Gasteiger partial charge >= 0.3 is 0 Å². The lowest BCUT2D eigenvalue weighted by molar-refractivity contribution is -0.117. The Morgan fingerprint density at radius 3 is 2.71 bits per heavy atom. The first-order chi connectivity index (χ1) is 10.0. The van der Waals surface area contributed by atoms with Crippen LogP contribution in [0.5, 0.6) is 0 Å². The fourth-order valence-corrected chi connectivity index (χ4v) is 2.77. The molecule has 1 heterocycles. The highest BCUT2D eigenvalue weighted by Gasteiger charge is 2.24. The van der Waals surface area contributed by atoms with E-state index < -0.39 is 0 Å². The smallest absolute Gasteiger partial charge is 0.246 e. The van der Waals surface area contributed by atoms with E-state index >= 15 is 0 Å². The molecule has 3 nitrogen and oxygen atoms in total. The minimum atomic E-state index is 0.0747. The van der Waals surface area contributed by atoms with Crippen LogP contribution in [0.15, 0.2) is 36.4 Å². The number of nitrogens with zero attached hydrogens (tertiary/aromatic N) is 1. The van der Waals surface area contributed by atoms with Crippen LogP contribution < -0.4 is 10.2 Å². The highest BCUT2D eigenvalue weighted by molar-refractivity contribution is 6.30. The standard InChI is InChI=1S/C17H17ClN2O/c1-11-6-15-16(7-12(11)2)20(17(21)9-19-15)10-13-4-3-5-14(18)8-13/h3-8,19H,9-10H2,1-2H3. The van der Waals surface area contributed by atoms with Crippen molar-refractivity contribution in [1.82, 2.24) is 0 Å². The van der Waals surface area contributed by atoms with Gasteiger partial charge in [0.1, 0.15) is 0 Å². The van der Waals surface area contributed by atoms with Gasteiger partial charge in [0.05, 0.1) is 24.5 Å². The third kappa shape index (κ3) is 2.74. The number of aryl methyl sites for hydroxylation is 2. The third-order valence-corrected chi connectivity index (χ3v) is 4.10. The summed E-state index contributed by atoms with van der Waals surface area (Å²) in [6.07, 6.45) is 0. The fraction of sp³-hybridized carbons (Fsp3) is 0.235. The van der Waals surface area contributed by atoms with Gasteiger partial charge in [-0.25, -0.2) is 0 Å². The van der Waals surface area contributed by atoms with Crippen LogP contribution in [0, 0.1) is 13.8 Å². The maximum absolute atomic E-state index is 12.3. The second-order valence-electron chi connectivity index (χ2n) is 5.42. The first-order valence-corrected chi connectivity index (χ1v) is 7.32. The number of hydrogen-bond donors (Lipinski definition) is 1. The second kappa shape index (κ2) is 5.41. The molecule has 2 aromatic carbocycles. The van der Waals surface area contributed by atoms with E-state index in [4.69, 9.17) is 11.6 Å². The van der Waals surface area contributed by atoms with Gasteiger partial charge in [0.25, 0.3) is 0 Å². The van der Waals surface area contributed by atoms with Gasteiger partial charge in [-0.3, -0.25) is 4.79 Å². The summed E-state index contributed by atoms with van der Waals surface area (Å²) in [7, 11) is 0. The molecule has 0 radical (unpaired) electrons. The number of amides is 1. The molecule has 3 rings (SSSR count). The zero-order chi connectivity index (χ0) is 15.0. The Balaban J connectivity index is 1.99. The van der Waals surface area contributed by atoms with E-state index in [-0.39, 0.29) is 5.91 Å². The molecule has 0 bridgehead atoms. The van der Waals surface area contributed by atoms with Crippen LogP contribution in [-0.2, 0) is 11.3 Å². The zero-order valence-electron chi connectivity index (χ0n) is 12.1. The predicted octanol–water partition coefficient (Wildman–Crippen LogP) is 3.92. The van der Waals surface area contributed by atoms with Crippen molar-refractivity contribution < 1.29 is 4.79 Å². The SMILES string of the molecule is Cc1cc2c(cc1C)N(Cc1cccc(Cl)c1)C(=O)CN2. The van der Waals surface area contributed by atoms with Crippen LogP contribution in [-0.4, -0.2) is 12.5 Å². The lowest BCUT2D eigenvalue weighted by atomic mass is 10.0. The Kier molecular flexibility index (Phi) is 3.60. The molecule has 2 aromatic rings. The third-order valence-electron chi connectivity index (χ3n) is 3.86. The van der Waals surface area contributed by atoms with Gasteiger partial charge < -0.3 is 10.2 Å². The Hall–Kier alpha value is -2.00. The lowest BCUT2D eigenvalue weighted by Gasteiger charge is -2.31. The Morgan fingerprint density at radius 1 is 1.19 bits per heavy atom. The molecule has 21 heavy (non-hydrogen) atoms. The van der Waals surface area contributed by atoms with Crippen LogP contribution >= 0.6 is 11.6 Å². The maximum Gasteiger partial charge on any atom is 0.246 e. The fourth-order valence-electron chi connectivity index (χ4n) is 2.56. The summed E-state index contributed by atoms with van der Waals surface area (Å²) in [5.41, 5.74) is 5.38. The molecule has 0 unspecified atom stereocenters. The summed E-state index contributed by atoms with van der Waals surface area (Å²) < 4.78 is 0. The molecule has 1 N–H and O–H groups in total. The average Bonchev–Trinajstić information content (AvgIpc) is 2.44. The highest BCUT2D eigenvalue weighted by Crippen LogP contribution is 2.33.